The van der Waals surface area contributed by atoms with Gasteiger partial charge in [-0.1, -0.05) is 35.9 Å². The highest BCUT2D eigenvalue weighted by molar-refractivity contribution is 7.98. The summed E-state index contributed by atoms with van der Waals surface area (Å²) >= 11 is 7.83. The summed E-state index contributed by atoms with van der Waals surface area (Å²) in [6.45, 7) is 2.77. The third kappa shape index (κ3) is 6.57. The second kappa shape index (κ2) is 12.3. The molecule has 0 unspecified atom stereocenters. The van der Waals surface area contributed by atoms with Gasteiger partial charge in [0.1, 0.15) is 5.82 Å². The minimum Gasteiger partial charge on any atom is -0.368 e. The van der Waals surface area contributed by atoms with Gasteiger partial charge in [-0.15, -0.1) is 5.10 Å². The van der Waals surface area contributed by atoms with E-state index in [-0.39, 0.29) is 5.91 Å². The summed E-state index contributed by atoms with van der Waals surface area (Å²) in [7, 11) is 4.01. The standard InChI is InChI=1S/C27H31ClN6OS/c1-32(2)15-16-33(19-20-4-10-23(28)11-5-20)27(35)22-8-6-21(7-9-22)24-18-30-26-13-12-25(31-34(24)26)29-14-17-36-3/h4-13,18H,14-17,19H2,1-3H3,(H,29,31). The summed E-state index contributed by atoms with van der Waals surface area (Å²) < 4.78 is 1.84. The molecule has 0 saturated heterocycles. The normalized spacial score (nSPS) is 11.2. The van der Waals surface area contributed by atoms with Crippen molar-refractivity contribution in [1.29, 1.82) is 0 Å². The number of rotatable bonds is 11. The number of hydrogen-bond donors (Lipinski definition) is 1. The van der Waals surface area contributed by atoms with E-state index < -0.39 is 0 Å². The highest BCUT2D eigenvalue weighted by atomic mass is 35.5. The maximum atomic E-state index is 13.5. The molecule has 0 bridgehead atoms. The fourth-order valence-electron chi connectivity index (χ4n) is 3.80. The Morgan fingerprint density at radius 3 is 2.47 bits per heavy atom. The number of nitrogens with one attached hydrogen (secondary N) is 1. The Morgan fingerprint density at radius 1 is 1.03 bits per heavy atom. The van der Waals surface area contributed by atoms with E-state index in [1.54, 1.807) is 11.8 Å². The molecule has 0 fully saturated rings. The van der Waals surface area contributed by atoms with Crippen molar-refractivity contribution < 1.29 is 4.79 Å². The first kappa shape index (κ1) is 26.0. The molecule has 2 heterocycles. The quantitative estimate of drug-likeness (QED) is 0.279. The molecule has 2 aromatic carbocycles. The number of aromatic nitrogens is 3. The van der Waals surface area contributed by atoms with Crippen LogP contribution >= 0.6 is 23.4 Å². The van der Waals surface area contributed by atoms with Crippen molar-refractivity contribution in [3.05, 3.63) is 83.0 Å². The van der Waals surface area contributed by atoms with Gasteiger partial charge in [0.25, 0.3) is 5.91 Å². The van der Waals surface area contributed by atoms with Gasteiger partial charge in [-0.2, -0.15) is 11.8 Å². The number of halogens is 1. The number of hydrogen-bond acceptors (Lipinski definition) is 6. The SMILES string of the molecule is CSCCNc1ccc2ncc(-c3ccc(C(=O)N(CCN(C)C)Cc4ccc(Cl)cc4)cc3)n2n1. The average Bonchev–Trinajstić information content (AvgIpc) is 3.31. The predicted molar refractivity (Wildman–Crippen MR) is 150 cm³/mol. The van der Waals surface area contributed by atoms with Gasteiger partial charge < -0.3 is 15.1 Å². The van der Waals surface area contributed by atoms with E-state index >= 15 is 0 Å². The van der Waals surface area contributed by atoms with Crippen LogP contribution in [0.3, 0.4) is 0 Å². The van der Waals surface area contributed by atoms with Crippen LogP contribution < -0.4 is 5.32 Å². The zero-order chi connectivity index (χ0) is 25.5. The number of fused-ring (bicyclic) bond motifs is 1. The Morgan fingerprint density at radius 2 is 1.78 bits per heavy atom. The van der Waals surface area contributed by atoms with E-state index in [4.69, 9.17) is 16.7 Å². The van der Waals surface area contributed by atoms with E-state index in [0.29, 0.717) is 23.7 Å². The molecule has 0 atom stereocenters. The van der Waals surface area contributed by atoms with Crippen LogP contribution in [-0.4, -0.2) is 76.0 Å². The lowest BCUT2D eigenvalue weighted by Crippen LogP contribution is -2.36. The van der Waals surface area contributed by atoms with Crippen LogP contribution in [0.5, 0.6) is 0 Å². The largest absolute Gasteiger partial charge is 0.368 e. The van der Waals surface area contributed by atoms with Gasteiger partial charge in [-0.25, -0.2) is 9.50 Å². The molecule has 36 heavy (non-hydrogen) atoms. The molecule has 0 spiro atoms. The monoisotopic (exact) mass is 522 g/mol. The number of anilines is 1. The number of likely N-dealkylation sites (N-methyl/N-ethyl adjacent to an activating group) is 1. The van der Waals surface area contributed by atoms with Gasteiger partial charge in [0.05, 0.1) is 11.9 Å². The summed E-state index contributed by atoms with van der Waals surface area (Å²) in [5.41, 5.74) is 4.29. The van der Waals surface area contributed by atoms with Gasteiger partial charge in [0, 0.05) is 48.1 Å². The van der Waals surface area contributed by atoms with Crippen LogP contribution in [0.2, 0.25) is 5.02 Å². The van der Waals surface area contributed by atoms with Gasteiger partial charge in [0.2, 0.25) is 0 Å². The Labute approximate surface area is 221 Å². The highest BCUT2D eigenvalue weighted by Crippen LogP contribution is 2.22. The lowest BCUT2D eigenvalue weighted by atomic mass is 10.1. The Bertz CT molecular complexity index is 1290. The first-order chi connectivity index (χ1) is 17.4. The first-order valence-electron chi connectivity index (χ1n) is 11.8. The van der Waals surface area contributed by atoms with Crippen molar-refractivity contribution in [3.63, 3.8) is 0 Å². The number of thioether (sulfide) groups is 1. The summed E-state index contributed by atoms with van der Waals surface area (Å²) in [6.07, 6.45) is 3.90. The minimum absolute atomic E-state index is 0.00472. The molecular weight excluding hydrogens is 492 g/mol. The number of imidazole rings is 1. The summed E-state index contributed by atoms with van der Waals surface area (Å²) in [5, 5.41) is 8.74. The van der Waals surface area contributed by atoms with Gasteiger partial charge >= 0.3 is 0 Å². The second-order valence-electron chi connectivity index (χ2n) is 8.79. The van der Waals surface area contributed by atoms with Gasteiger partial charge in [-0.3, -0.25) is 4.79 Å². The van der Waals surface area contributed by atoms with Crippen LogP contribution in [0.25, 0.3) is 16.9 Å². The lowest BCUT2D eigenvalue weighted by molar-refractivity contribution is 0.0732. The molecule has 0 aliphatic heterocycles. The van der Waals surface area contributed by atoms with Crippen molar-refractivity contribution in [1.82, 2.24) is 24.4 Å². The Hall–Kier alpha value is -3.07. The minimum atomic E-state index is -0.00472. The van der Waals surface area contributed by atoms with Crippen molar-refractivity contribution in [2.24, 2.45) is 0 Å². The fraction of sp³-hybridized carbons (Fsp3) is 0.296. The lowest BCUT2D eigenvalue weighted by Gasteiger charge is -2.25. The average molecular weight is 523 g/mol. The number of carbonyl (C=O) groups is 1. The Balaban J connectivity index is 1.54. The summed E-state index contributed by atoms with van der Waals surface area (Å²) in [5.74, 6) is 1.81. The maximum Gasteiger partial charge on any atom is 0.254 e. The van der Waals surface area contributed by atoms with Crippen molar-refractivity contribution in [3.8, 4) is 11.3 Å². The van der Waals surface area contributed by atoms with E-state index in [1.165, 1.54) is 0 Å². The molecule has 188 valence electrons. The van der Waals surface area contributed by atoms with E-state index in [1.807, 2.05) is 90.4 Å². The Kier molecular flexibility index (Phi) is 8.85. The number of nitrogens with zero attached hydrogens (tertiary/aromatic N) is 5. The smallest absolute Gasteiger partial charge is 0.254 e. The van der Waals surface area contributed by atoms with Crippen LogP contribution in [0.1, 0.15) is 15.9 Å². The third-order valence-corrected chi connectivity index (χ3v) is 6.66. The molecule has 9 heteroatoms. The highest BCUT2D eigenvalue weighted by Gasteiger charge is 2.17. The molecule has 4 aromatic rings. The van der Waals surface area contributed by atoms with Crippen LogP contribution in [0, 0.1) is 0 Å². The van der Waals surface area contributed by atoms with Gasteiger partial charge in [0.15, 0.2) is 5.65 Å². The van der Waals surface area contributed by atoms with Crippen molar-refractivity contribution in [2.75, 3.05) is 51.1 Å². The summed E-state index contributed by atoms with van der Waals surface area (Å²) in [4.78, 5) is 21.9. The molecule has 4 rings (SSSR count). The molecule has 2 aromatic heterocycles. The van der Waals surface area contributed by atoms with Crippen LogP contribution in [-0.2, 0) is 6.54 Å². The topological polar surface area (TPSA) is 65.8 Å². The molecule has 0 saturated carbocycles. The third-order valence-electron chi connectivity index (χ3n) is 5.79. The molecule has 0 aliphatic rings. The van der Waals surface area contributed by atoms with Crippen LogP contribution in [0.4, 0.5) is 5.82 Å². The maximum absolute atomic E-state index is 13.5. The molecular formula is C27H31ClN6OS. The van der Waals surface area contributed by atoms with E-state index in [0.717, 1.165) is 47.1 Å². The first-order valence-corrected chi connectivity index (χ1v) is 13.6. The predicted octanol–water partition coefficient (Wildman–Crippen LogP) is 5.03. The zero-order valence-electron chi connectivity index (χ0n) is 20.8. The second-order valence-corrected chi connectivity index (χ2v) is 10.2. The molecule has 1 amide bonds. The molecule has 1 N–H and O–H groups in total. The van der Waals surface area contributed by atoms with Crippen LogP contribution in [0.15, 0.2) is 66.9 Å². The number of benzene rings is 2. The van der Waals surface area contributed by atoms with Crippen molar-refractivity contribution >= 4 is 40.7 Å². The van der Waals surface area contributed by atoms with Crippen molar-refractivity contribution in [2.45, 2.75) is 6.54 Å². The molecule has 0 radical (unpaired) electrons. The molecule has 7 nitrogen and oxygen atoms in total. The van der Waals surface area contributed by atoms with E-state index in [9.17, 15) is 4.79 Å². The van der Waals surface area contributed by atoms with Gasteiger partial charge in [-0.05, 0) is 62.3 Å². The zero-order valence-corrected chi connectivity index (χ0v) is 22.4. The number of amides is 1. The summed E-state index contributed by atoms with van der Waals surface area (Å²) in [6, 6.07) is 19.2. The number of carbonyl (C=O) groups excluding carboxylic acids is 1. The molecule has 0 aliphatic carbocycles. The fourth-order valence-corrected chi connectivity index (χ4v) is 4.23. The van der Waals surface area contributed by atoms with E-state index in [2.05, 4.69) is 21.5 Å².